The second-order valence-corrected chi connectivity index (χ2v) is 8.06. The number of ether oxygens (including phenoxy) is 2. The molecule has 0 saturated heterocycles. The van der Waals surface area contributed by atoms with Crippen molar-refractivity contribution in [2.75, 3.05) is 19.1 Å². The molecule has 0 aliphatic carbocycles. The summed E-state index contributed by atoms with van der Waals surface area (Å²) in [7, 11) is 2.87. The Kier molecular flexibility index (Phi) is 5.17. The Labute approximate surface area is 195 Å². The Balaban J connectivity index is 1.74. The summed E-state index contributed by atoms with van der Waals surface area (Å²) in [4.78, 5) is 40.7. The number of benzene rings is 3. The molecule has 4 aromatic rings. The molecule has 1 aliphatic heterocycles. The smallest absolute Gasteiger partial charge is 0.337 e. The minimum Gasteiger partial charge on any atom is -0.497 e. The fourth-order valence-corrected chi connectivity index (χ4v) is 4.33. The third-order valence-electron chi connectivity index (χ3n) is 6.02. The molecule has 1 unspecified atom stereocenters. The van der Waals surface area contributed by atoms with Gasteiger partial charge in [0.25, 0.3) is 5.91 Å². The number of anilines is 1. The van der Waals surface area contributed by atoms with Crippen molar-refractivity contribution in [3.63, 3.8) is 0 Å². The second kappa shape index (κ2) is 8.19. The summed E-state index contributed by atoms with van der Waals surface area (Å²) < 4.78 is 16.0. The van der Waals surface area contributed by atoms with E-state index in [0.29, 0.717) is 33.5 Å². The number of hydrogen-bond donors (Lipinski definition) is 0. The second-order valence-electron chi connectivity index (χ2n) is 8.06. The fourth-order valence-electron chi connectivity index (χ4n) is 4.33. The molecule has 7 nitrogen and oxygen atoms in total. The molecule has 0 saturated carbocycles. The van der Waals surface area contributed by atoms with Gasteiger partial charge in [0.15, 0.2) is 5.43 Å². The van der Waals surface area contributed by atoms with Gasteiger partial charge in [-0.15, -0.1) is 0 Å². The summed E-state index contributed by atoms with van der Waals surface area (Å²) in [5.74, 6) is -0.231. The highest BCUT2D eigenvalue weighted by Crippen LogP contribution is 2.41. The third-order valence-corrected chi connectivity index (χ3v) is 6.02. The van der Waals surface area contributed by atoms with Crippen molar-refractivity contribution < 1.29 is 23.5 Å². The molecule has 0 N–H and O–H groups in total. The molecule has 0 fully saturated rings. The van der Waals surface area contributed by atoms with Gasteiger partial charge >= 0.3 is 5.97 Å². The summed E-state index contributed by atoms with van der Waals surface area (Å²) in [5, 5.41) is 0.416. The number of hydrogen-bond acceptors (Lipinski definition) is 6. The zero-order valence-electron chi connectivity index (χ0n) is 18.8. The Morgan fingerprint density at radius 2 is 1.65 bits per heavy atom. The molecule has 1 aliphatic rings. The summed E-state index contributed by atoms with van der Waals surface area (Å²) in [6.07, 6.45) is 0. The van der Waals surface area contributed by atoms with Crippen molar-refractivity contribution >= 4 is 28.5 Å². The molecule has 1 amide bonds. The monoisotopic (exact) mass is 455 g/mol. The number of carbonyl (C=O) groups excluding carboxylic acids is 2. The summed E-state index contributed by atoms with van der Waals surface area (Å²) >= 11 is 0. The standard InChI is InChI=1S/C27H21NO6/c1-15-4-13-21-20(14-15)24(29)22-23(16-5-7-17(8-6-16)27(31)33-3)28(26(30)25(22)34-21)18-9-11-19(32-2)12-10-18/h4-14,23H,1-3H3. The van der Waals surface area contributed by atoms with Crippen molar-refractivity contribution in [3.8, 4) is 5.75 Å². The molecule has 0 spiro atoms. The third kappa shape index (κ3) is 3.33. The van der Waals surface area contributed by atoms with Crippen molar-refractivity contribution in [1.29, 1.82) is 0 Å². The van der Waals surface area contributed by atoms with Gasteiger partial charge in [-0.3, -0.25) is 14.5 Å². The van der Waals surface area contributed by atoms with Crippen LogP contribution in [0.1, 0.15) is 43.6 Å². The summed E-state index contributed by atoms with van der Waals surface area (Å²) in [6, 6.07) is 18.2. The average molecular weight is 455 g/mol. The quantitative estimate of drug-likeness (QED) is 0.417. The molecule has 0 radical (unpaired) electrons. The normalized spacial score (nSPS) is 14.9. The Morgan fingerprint density at radius 1 is 0.941 bits per heavy atom. The molecular weight excluding hydrogens is 434 g/mol. The Bertz CT molecular complexity index is 1490. The zero-order chi connectivity index (χ0) is 24.0. The fraction of sp³-hybridized carbons (Fsp3) is 0.148. The van der Waals surface area contributed by atoms with Crippen LogP contribution in [0.25, 0.3) is 11.0 Å². The minimum absolute atomic E-state index is 0.0132. The van der Waals surface area contributed by atoms with Gasteiger partial charge in [-0.25, -0.2) is 4.79 Å². The number of fused-ring (bicyclic) bond motifs is 2. The lowest BCUT2D eigenvalue weighted by Crippen LogP contribution is -2.29. The molecule has 34 heavy (non-hydrogen) atoms. The first-order valence-electron chi connectivity index (χ1n) is 10.7. The van der Waals surface area contributed by atoms with Crippen molar-refractivity contribution in [1.82, 2.24) is 0 Å². The maximum atomic E-state index is 13.7. The number of rotatable bonds is 4. The van der Waals surface area contributed by atoms with Gasteiger partial charge in [0.2, 0.25) is 5.76 Å². The van der Waals surface area contributed by atoms with Crippen LogP contribution in [0.15, 0.2) is 75.9 Å². The topological polar surface area (TPSA) is 86.0 Å². The van der Waals surface area contributed by atoms with E-state index in [0.717, 1.165) is 5.56 Å². The SMILES string of the molecule is COC(=O)c1ccc(C2c3c(oc4ccc(C)cc4c3=O)C(=O)N2c2ccc(OC)cc2)cc1. The number of nitrogens with zero attached hydrogens (tertiary/aromatic N) is 1. The first-order valence-corrected chi connectivity index (χ1v) is 10.7. The van der Waals surface area contributed by atoms with E-state index in [1.54, 1.807) is 67.8 Å². The number of amides is 1. The molecule has 1 atom stereocenters. The van der Waals surface area contributed by atoms with Gasteiger partial charge in [0, 0.05) is 5.69 Å². The Hall–Kier alpha value is -4.39. The van der Waals surface area contributed by atoms with E-state index in [1.165, 1.54) is 12.0 Å². The van der Waals surface area contributed by atoms with Crippen LogP contribution in [0.4, 0.5) is 5.69 Å². The minimum atomic E-state index is -0.733. The van der Waals surface area contributed by atoms with Crippen LogP contribution < -0.4 is 15.1 Å². The number of carbonyl (C=O) groups is 2. The van der Waals surface area contributed by atoms with Crippen LogP contribution in [0.2, 0.25) is 0 Å². The van der Waals surface area contributed by atoms with E-state index in [-0.39, 0.29) is 16.8 Å². The van der Waals surface area contributed by atoms with E-state index in [1.807, 2.05) is 13.0 Å². The predicted octanol–water partition coefficient (Wildman–Crippen LogP) is 4.65. The van der Waals surface area contributed by atoms with Crippen molar-refractivity contribution in [2.24, 2.45) is 0 Å². The first-order chi connectivity index (χ1) is 16.4. The number of esters is 1. The maximum Gasteiger partial charge on any atom is 0.337 e. The van der Waals surface area contributed by atoms with Gasteiger partial charge in [-0.05, 0) is 61.0 Å². The van der Waals surface area contributed by atoms with Crippen LogP contribution >= 0.6 is 0 Å². The summed E-state index contributed by atoms with van der Waals surface area (Å²) in [5.41, 5.74) is 2.90. The predicted molar refractivity (Wildman–Crippen MR) is 127 cm³/mol. The molecule has 170 valence electrons. The van der Waals surface area contributed by atoms with E-state index >= 15 is 0 Å². The molecule has 0 bridgehead atoms. The van der Waals surface area contributed by atoms with E-state index in [9.17, 15) is 14.4 Å². The largest absolute Gasteiger partial charge is 0.497 e. The maximum absolute atomic E-state index is 13.7. The van der Waals surface area contributed by atoms with Gasteiger partial charge in [0.05, 0.1) is 36.8 Å². The lowest BCUT2D eigenvalue weighted by atomic mass is 9.97. The molecule has 2 heterocycles. The van der Waals surface area contributed by atoms with Crippen molar-refractivity contribution in [3.05, 3.63) is 105 Å². The van der Waals surface area contributed by atoms with E-state index in [2.05, 4.69) is 0 Å². The van der Waals surface area contributed by atoms with Gasteiger partial charge in [-0.1, -0.05) is 23.8 Å². The lowest BCUT2D eigenvalue weighted by molar-refractivity contribution is 0.0600. The van der Waals surface area contributed by atoms with Crippen molar-refractivity contribution in [2.45, 2.75) is 13.0 Å². The van der Waals surface area contributed by atoms with Crippen LogP contribution in [-0.4, -0.2) is 26.1 Å². The molecule has 3 aromatic carbocycles. The van der Waals surface area contributed by atoms with Gasteiger partial charge in [0.1, 0.15) is 11.3 Å². The number of aryl methyl sites for hydroxylation is 1. The first kappa shape index (κ1) is 21.5. The highest BCUT2D eigenvalue weighted by atomic mass is 16.5. The highest BCUT2D eigenvalue weighted by Gasteiger charge is 2.43. The molecule has 1 aromatic heterocycles. The van der Waals surface area contributed by atoms with Crippen LogP contribution in [-0.2, 0) is 4.74 Å². The molecular formula is C27H21NO6. The van der Waals surface area contributed by atoms with Crippen LogP contribution in [0, 0.1) is 6.92 Å². The van der Waals surface area contributed by atoms with E-state index < -0.39 is 17.9 Å². The lowest BCUT2D eigenvalue weighted by Gasteiger charge is -2.25. The summed E-state index contributed by atoms with van der Waals surface area (Å²) in [6.45, 7) is 1.89. The molecule has 5 rings (SSSR count). The molecule has 7 heteroatoms. The average Bonchev–Trinajstić information content (AvgIpc) is 3.16. The Morgan fingerprint density at radius 3 is 2.29 bits per heavy atom. The van der Waals surface area contributed by atoms with Gasteiger partial charge in [-0.2, -0.15) is 0 Å². The van der Waals surface area contributed by atoms with Crippen LogP contribution in [0.3, 0.4) is 0 Å². The van der Waals surface area contributed by atoms with Crippen LogP contribution in [0.5, 0.6) is 5.75 Å². The van der Waals surface area contributed by atoms with Gasteiger partial charge < -0.3 is 13.9 Å². The highest BCUT2D eigenvalue weighted by molar-refractivity contribution is 6.10. The number of methoxy groups -OCH3 is 2. The van der Waals surface area contributed by atoms with E-state index in [4.69, 9.17) is 13.9 Å². The zero-order valence-corrected chi connectivity index (χ0v) is 18.8.